The highest BCUT2D eigenvalue weighted by Gasteiger charge is 2.43. The van der Waals surface area contributed by atoms with E-state index in [1.807, 2.05) is 38.1 Å². The summed E-state index contributed by atoms with van der Waals surface area (Å²) in [5.41, 5.74) is 1.73. The minimum Gasteiger partial charge on any atom is -0.461 e. The quantitative estimate of drug-likeness (QED) is 0.196. The van der Waals surface area contributed by atoms with Crippen LogP contribution in [0.25, 0.3) is 0 Å². The van der Waals surface area contributed by atoms with Crippen LogP contribution in [0, 0.1) is 6.92 Å². The highest BCUT2D eigenvalue weighted by molar-refractivity contribution is 5.98. The van der Waals surface area contributed by atoms with E-state index in [4.69, 9.17) is 4.74 Å². The van der Waals surface area contributed by atoms with Crippen LogP contribution >= 0.6 is 0 Å². The number of nitrogens with one attached hydrogen (secondary N) is 3. The van der Waals surface area contributed by atoms with Gasteiger partial charge in [-0.1, -0.05) is 57.5 Å². The van der Waals surface area contributed by atoms with Crippen molar-refractivity contribution in [1.82, 2.24) is 30.7 Å². The molecule has 1 aromatic carbocycles. The Morgan fingerprint density at radius 3 is 2.31 bits per heavy atom. The summed E-state index contributed by atoms with van der Waals surface area (Å²) in [4.78, 5) is 98.9. The number of benzene rings is 1. The minimum atomic E-state index is -1.41. The summed E-state index contributed by atoms with van der Waals surface area (Å²) < 4.78 is 5.66. The number of allylic oxidation sites excluding steroid dienone is 1. The molecule has 0 bridgehead atoms. The summed E-state index contributed by atoms with van der Waals surface area (Å²) in [6.07, 6.45) is 7.52. The molecule has 3 aliphatic heterocycles. The third-order valence-corrected chi connectivity index (χ3v) is 9.98. The lowest BCUT2D eigenvalue weighted by atomic mass is 10.00. The van der Waals surface area contributed by atoms with E-state index in [0.717, 1.165) is 24.0 Å². The van der Waals surface area contributed by atoms with Gasteiger partial charge in [0.25, 0.3) is 0 Å². The number of hydrogen-bond acceptors (Lipinski definition) is 8. The molecule has 0 unspecified atom stereocenters. The monoisotopic (exact) mass is 724 g/mol. The number of cyclic esters (lactones) is 1. The molecule has 14 nitrogen and oxygen atoms in total. The predicted octanol–water partition coefficient (Wildman–Crippen LogP) is 1.78. The Morgan fingerprint density at radius 2 is 1.63 bits per heavy atom. The molecule has 6 amide bonds. The second-order valence-corrected chi connectivity index (χ2v) is 13.7. The topological polar surface area (TPSA) is 175 Å². The van der Waals surface area contributed by atoms with Gasteiger partial charge in [0.2, 0.25) is 35.4 Å². The van der Waals surface area contributed by atoms with E-state index < -0.39 is 84.3 Å². The van der Waals surface area contributed by atoms with Crippen LogP contribution in [0.5, 0.6) is 0 Å². The van der Waals surface area contributed by atoms with E-state index in [1.165, 1.54) is 41.7 Å². The molecule has 0 aliphatic carbocycles. The first-order chi connectivity index (χ1) is 24.3. The van der Waals surface area contributed by atoms with Crippen LogP contribution in [0.3, 0.4) is 0 Å². The Hall–Kier alpha value is -4.75. The Bertz CT molecular complexity index is 1510. The number of unbranched alkanes of at least 4 members (excludes halogenated alkanes) is 2. The van der Waals surface area contributed by atoms with Gasteiger partial charge in [-0.3, -0.25) is 28.8 Å². The number of rotatable bonds is 9. The standard InChI is InChI=1S/C37H52N6O8.CH4/c1-6-7-8-9-18-31(44)39-27(21-26-15-11-10-14-23(26)2)33(46)40-28-22-51-37(50)30-17-13-20-43(30)34(47)24(3)38-32(45)25(4)41(5)36(49)29-16-12-19-42(29)35(28)48;/h9-11,14-15,18,24-25,27-30H,6-8,12-13,16-17,19-22H2,1-5H3,(H,38,45)(H,39,44)(H,40,46);1H4/b18-9+;/t24-,25-,27-,28-,29-,30-;/m0./s1. The van der Waals surface area contributed by atoms with E-state index >= 15 is 0 Å². The van der Waals surface area contributed by atoms with Crippen LogP contribution in [0.4, 0.5) is 0 Å². The van der Waals surface area contributed by atoms with Crippen LogP contribution in [-0.4, -0.2) is 119 Å². The fraction of sp³-hybridized carbons (Fsp3) is 0.605. The van der Waals surface area contributed by atoms with Crippen molar-refractivity contribution in [2.75, 3.05) is 26.7 Å². The van der Waals surface area contributed by atoms with Gasteiger partial charge in [0.15, 0.2) is 0 Å². The second-order valence-electron chi connectivity index (χ2n) is 13.7. The summed E-state index contributed by atoms with van der Waals surface area (Å²) in [5, 5.41) is 8.16. The van der Waals surface area contributed by atoms with Gasteiger partial charge in [0, 0.05) is 26.6 Å². The zero-order valence-corrected chi connectivity index (χ0v) is 30.3. The third-order valence-electron chi connectivity index (χ3n) is 9.98. The maximum Gasteiger partial charge on any atom is 0.328 e. The van der Waals surface area contributed by atoms with E-state index in [0.29, 0.717) is 32.1 Å². The van der Waals surface area contributed by atoms with Crippen LogP contribution in [-0.2, 0) is 44.7 Å². The van der Waals surface area contributed by atoms with Crippen LogP contribution in [0.2, 0.25) is 0 Å². The number of esters is 1. The number of nitrogens with zero attached hydrogens (tertiary/aromatic N) is 3. The maximum absolute atomic E-state index is 14.2. The molecule has 0 radical (unpaired) electrons. The molecule has 0 aromatic heterocycles. The number of likely N-dealkylation sites (N-methyl/N-ethyl adjacent to an activating group) is 1. The van der Waals surface area contributed by atoms with Crippen LogP contribution < -0.4 is 16.0 Å². The average molecular weight is 725 g/mol. The first-order valence-corrected chi connectivity index (χ1v) is 18.0. The molecular formula is C38H56N6O8. The SMILES string of the molecule is C.CCCC/C=C/C(=O)N[C@@H](Cc1ccccc1C)C(=O)N[C@H]1COC(=O)[C@@H]2CCCN2C(=O)[C@H](C)NC(=O)[C@H](C)N(C)C(=O)[C@@H]2CCCN2C1=O. The fourth-order valence-electron chi connectivity index (χ4n) is 6.72. The highest BCUT2D eigenvalue weighted by atomic mass is 16.5. The van der Waals surface area contributed by atoms with Crippen molar-refractivity contribution in [3.8, 4) is 0 Å². The molecule has 14 heteroatoms. The summed E-state index contributed by atoms with van der Waals surface area (Å²) in [6.45, 7) is 6.92. The van der Waals surface area contributed by atoms with Crippen LogP contribution in [0.1, 0.15) is 84.3 Å². The van der Waals surface area contributed by atoms with Crippen molar-refractivity contribution in [2.24, 2.45) is 0 Å². The smallest absolute Gasteiger partial charge is 0.328 e. The van der Waals surface area contributed by atoms with Crippen molar-refractivity contribution in [3.63, 3.8) is 0 Å². The first kappa shape index (κ1) is 41.7. The summed E-state index contributed by atoms with van der Waals surface area (Å²) >= 11 is 0. The van der Waals surface area contributed by atoms with Crippen molar-refractivity contribution in [2.45, 2.75) is 123 Å². The molecule has 0 saturated carbocycles. The zero-order chi connectivity index (χ0) is 37.2. The largest absolute Gasteiger partial charge is 0.461 e. The molecule has 0 spiro atoms. The molecule has 3 fully saturated rings. The number of aryl methyl sites for hydroxylation is 1. The van der Waals surface area contributed by atoms with Gasteiger partial charge in [0.05, 0.1) is 0 Å². The Kier molecular flexibility index (Phi) is 15.4. The van der Waals surface area contributed by atoms with E-state index in [-0.39, 0.29) is 26.9 Å². The van der Waals surface area contributed by atoms with Crippen molar-refractivity contribution >= 4 is 41.4 Å². The van der Waals surface area contributed by atoms with Gasteiger partial charge >= 0.3 is 5.97 Å². The van der Waals surface area contributed by atoms with Gasteiger partial charge in [-0.2, -0.15) is 0 Å². The number of hydrogen-bond donors (Lipinski definition) is 3. The summed E-state index contributed by atoms with van der Waals surface area (Å²) in [5.74, 6) is -4.04. The molecule has 52 heavy (non-hydrogen) atoms. The lowest BCUT2D eigenvalue weighted by Gasteiger charge is -2.34. The van der Waals surface area contributed by atoms with Crippen molar-refractivity contribution < 1.29 is 38.3 Å². The number of carbonyl (C=O) groups excluding carboxylic acids is 7. The maximum atomic E-state index is 14.2. The van der Waals surface area contributed by atoms with E-state index in [2.05, 4.69) is 16.0 Å². The normalized spacial score (nSPS) is 25.2. The third kappa shape index (κ3) is 10.2. The molecule has 3 heterocycles. The lowest BCUT2D eigenvalue weighted by Crippen LogP contribution is -2.60. The molecular weight excluding hydrogens is 668 g/mol. The summed E-state index contributed by atoms with van der Waals surface area (Å²) in [7, 11) is 1.47. The lowest BCUT2D eigenvalue weighted by molar-refractivity contribution is -0.158. The first-order valence-electron chi connectivity index (χ1n) is 18.0. The molecule has 4 rings (SSSR count). The van der Waals surface area contributed by atoms with Crippen molar-refractivity contribution in [3.05, 3.63) is 47.5 Å². The summed E-state index contributed by atoms with van der Waals surface area (Å²) in [6, 6.07) is 1.14. The predicted molar refractivity (Wildman–Crippen MR) is 194 cm³/mol. The van der Waals surface area contributed by atoms with Crippen molar-refractivity contribution in [1.29, 1.82) is 0 Å². The Labute approximate surface area is 307 Å². The Morgan fingerprint density at radius 1 is 0.981 bits per heavy atom. The molecule has 1 aromatic rings. The van der Waals surface area contributed by atoms with Gasteiger partial charge in [-0.05, 0) is 70.1 Å². The highest BCUT2D eigenvalue weighted by Crippen LogP contribution is 2.23. The fourth-order valence-corrected chi connectivity index (χ4v) is 6.72. The Balaban J connectivity index is 0.00000729. The molecule has 3 aliphatic rings. The van der Waals surface area contributed by atoms with Crippen LogP contribution in [0.15, 0.2) is 36.4 Å². The van der Waals surface area contributed by atoms with Gasteiger partial charge in [-0.25, -0.2) is 4.79 Å². The second kappa shape index (κ2) is 19.2. The minimum absolute atomic E-state index is 0. The van der Waals surface area contributed by atoms with E-state index in [9.17, 15) is 33.6 Å². The number of ether oxygens (including phenoxy) is 1. The zero-order valence-electron chi connectivity index (χ0n) is 30.3. The molecule has 3 N–H and O–H groups in total. The number of fused-ring (bicyclic) bond motifs is 2. The molecule has 3 saturated heterocycles. The molecule has 286 valence electrons. The van der Waals surface area contributed by atoms with Gasteiger partial charge in [-0.15, -0.1) is 0 Å². The van der Waals surface area contributed by atoms with Gasteiger partial charge in [0.1, 0.15) is 42.9 Å². The number of amides is 6. The number of carbonyl (C=O) groups is 7. The van der Waals surface area contributed by atoms with E-state index in [1.54, 1.807) is 6.08 Å². The average Bonchev–Trinajstić information content (AvgIpc) is 3.81. The molecule has 6 atom stereocenters. The van der Waals surface area contributed by atoms with Gasteiger partial charge < -0.3 is 35.4 Å².